The molecule has 3 aromatic carbocycles. The minimum atomic E-state index is -4.72. The third kappa shape index (κ3) is 5.53. The lowest BCUT2D eigenvalue weighted by molar-refractivity contribution is -0.385. The highest BCUT2D eigenvalue weighted by molar-refractivity contribution is 6.32. The Bertz CT molecular complexity index is 1180. The first-order valence-corrected chi connectivity index (χ1v) is 9.43. The molecule has 0 saturated heterocycles. The zero-order valence-electron chi connectivity index (χ0n) is 15.8. The highest BCUT2D eigenvalue weighted by atomic mass is 35.5. The zero-order chi connectivity index (χ0) is 22.8. The lowest BCUT2D eigenvalue weighted by Gasteiger charge is -2.11. The van der Waals surface area contributed by atoms with Gasteiger partial charge in [0, 0.05) is 17.3 Å². The number of ether oxygens (including phenoxy) is 1. The van der Waals surface area contributed by atoms with Gasteiger partial charge in [0.25, 0.3) is 0 Å². The average Bonchev–Trinajstić information content (AvgIpc) is 2.70. The van der Waals surface area contributed by atoms with E-state index in [2.05, 4.69) is 4.99 Å². The first-order valence-electron chi connectivity index (χ1n) is 8.68. The summed E-state index contributed by atoms with van der Waals surface area (Å²) in [6, 6.07) is 11.9. The van der Waals surface area contributed by atoms with Gasteiger partial charge in [0.2, 0.25) is 5.75 Å². The van der Waals surface area contributed by atoms with Crippen molar-refractivity contribution in [3.63, 3.8) is 0 Å². The van der Waals surface area contributed by atoms with Gasteiger partial charge in [-0.2, -0.15) is 13.2 Å². The number of aryl methyl sites for hydroxylation is 1. The van der Waals surface area contributed by atoms with Crippen LogP contribution in [0.25, 0.3) is 0 Å². The van der Waals surface area contributed by atoms with Gasteiger partial charge in [-0.05, 0) is 60.5 Å². The SMILES string of the molecule is Cc1ccc(N=Cc2ccc(Oc3ccc(C(F)(F)F)cc3[N+](=O)[O-])c(Cl)c2)cc1Cl. The van der Waals surface area contributed by atoms with Gasteiger partial charge < -0.3 is 4.74 Å². The standard InChI is InChI=1S/C21H13Cl2F3N2O3/c1-12-2-5-15(10-16(12)22)27-11-13-3-6-19(17(23)8-13)31-20-7-4-14(21(24,25)26)9-18(20)28(29)30/h2-11H,1H3. The monoisotopic (exact) mass is 468 g/mol. The van der Waals surface area contributed by atoms with E-state index in [1.165, 1.54) is 18.3 Å². The Hall–Kier alpha value is -3.10. The molecule has 3 rings (SSSR count). The summed E-state index contributed by atoms with van der Waals surface area (Å²) < 4.78 is 43.9. The summed E-state index contributed by atoms with van der Waals surface area (Å²) in [6.45, 7) is 1.87. The molecule has 0 radical (unpaired) electrons. The molecular formula is C21H13Cl2F3N2O3. The Morgan fingerprint density at radius 1 is 1.00 bits per heavy atom. The Kier molecular flexibility index (Phi) is 6.52. The molecule has 0 atom stereocenters. The Labute approximate surface area is 184 Å². The van der Waals surface area contributed by atoms with Gasteiger partial charge in [-0.3, -0.25) is 15.1 Å². The average molecular weight is 469 g/mol. The van der Waals surface area contributed by atoms with E-state index in [1.807, 2.05) is 13.0 Å². The van der Waals surface area contributed by atoms with E-state index in [4.69, 9.17) is 27.9 Å². The summed E-state index contributed by atoms with van der Waals surface area (Å²) in [5, 5.41) is 11.9. The van der Waals surface area contributed by atoms with Crippen molar-refractivity contribution in [2.75, 3.05) is 0 Å². The second-order valence-corrected chi connectivity index (χ2v) is 7.24. The second-order valence-electron chi connectivity index (χ2n) is 6.42. The first-order chi connectivity index (χ1) is 14.5. The fraction of sp³-hybridized carbons (Fsp3) is 0.0952. The molecule has 3 aromatic rings. The van der Waals surface area contributed by atoms with Crippen LogP contribution < -0.4 is 4.74 Å². The molecular weight excluding hydrogens is 456 g/mol. The molecule has 0 unspecified atom stereocenters. The molecule has 31 heavy (non-hydrogen) atoms. The van der Waals surface area contributed by atoms with Crippen molar-refractivity contribution in [3.05, 3.63) is 91.4 Å². The minimum Gasteiger partial charge on any atom is -0.449 e. The number of hydrogen-bond acceptors (Lipinski definition) is 4. The number of hydrogen-bond donors (Lipinski definition) is 0. The smallest absolute Gasteiger partial charge is 0.416 e. The van der Waals surface area contributed by atoms with Gasteiger partial charge in [-0.15, -0.1) is 0 Å². The molecule has 0 aromatic heterocycles. The number of alkyl halides is 3. The third-order valence-electron chi connectivity index (χ3n) is 4.18. The van der Waals surface area contributed by atoms with Crippen molar-refractivity contribution in [2.24, 2.45) is 4.99 Å². The van der Waals surface area contributed by atoms with Crippen LogP contribution in [0, 0.1) is 17.0 Å². The Morgan fingerprint density at radius 2 is 1.71 bits per heavy atom. The molecule has 0 N–H and O–H groups in total. The summed E-state index contributed by atoms with van der Waals surface area (Å²) in [6.07, 6.45) is -3.18. The van der Waals surface area contributed by atoms with Crippen molar-refractivity contribution in [3.8, 4) is 11.5 Å². The lowest BCUT2D eigenvalue weighted by atomic mass is 10.2. The number of nitro groups is 1. The van der Waals surface area contributed by atoms with Crippen molar-refractivity contribution in [1.82, 2.24) is 0 Å². The van der Waals surface area contributed by atoms with Crippen molar-refractivity contribution < 1.29 is 22.8 Å². The highest BCUT2D eigenvalue weighted by Gasteiger charge is 2.33. The summed E-state index contributed by atoms with van der Waals surface area (Å²) in [5.74, 6) is -0.323. The Morgan fingerprint density at radius 3 is 2.32 bits per heavy atom. The molecule has 0 aliphatic carbocycles. The summed E-state index contributed by atoms with van der Waals surface area (Å²) in [7, 11) is 0. The molecule has 0 saturated carbocycles. The number of nitrogens with zero attached hydrogens (tertiary/aromatic N) is 2. The summed E-state index contributed by atoms with van der Waals surface area (Å²) in [4.78, 5) is 14.5. The summed E-state index contributed by atoms with van der Waals surface area (Å²) in [5.41, 5.74) is 0.180. The molecule has 10 heteroatoms. The van der Waals surface area contributed by atoms with Crippen LogP contribution in [0.1, 0.15) is 16.7 Å². The van der Waals surface area contributed by atoms with E-state index in [1.54, 1.807) is 18.2 Å². The van der Waals surface area contributed by atoms with Gasteiger partial charge in [-0.25, -0.2) is 0 Å². The van der Waals surface area contributed by atoms with E-state index in [0.29, 0.717) is 28.4 Å². The number of aliphatic imine (C=N–C) groups is 1. The van der Waals surface area contributed by atoms with Crippen LogP contribution in [0.3, 0.4) is 0 Å². The fourth-order valence-corrected chi connectivity index (χ4v) is 2.93. The largest absolute Gasteiger partial charge is 0.449 e. The molecule has 0 aliphatic rings. The van der Waals surface area contributed by atoms with Crippen LogP contribution in [0.4, 0.5) is 24.5 Å². The van der Waals surface area contributed by atoms with Gasteiger partial charge >= 0.3 is 11.9 Å². The molecule has 0 heterocycles. The zero-order valence-corrected chi connectivity index (χ0v) is 17.3. The van der Waals surface area contributed by atoms with Crippen molar-refractivity contribution >= 4 is 40.8 Å². The minimum absolute atomic E-state index is 0.0417. The van der Waals surface area contributed by atoms with Gasteiger partial charge in [0.05, 0.1) is 21.2 Å². The van der Waals surface area contributed by atoms with Crippen molar-refractivity contribution in [1.29, 1.82) is 0 Å². The summed E-state index contributed by atoms with van der Waals surface area (Å²) >= 11 is 12.3. The van der Waals surface area contributed by atoms with Gasteiger partial charge in [0.15, 0.2) is 0 Å². The van der Waals surface area contributed by atoms with E-state index < -0.39 is 22.4 Å². The number of halogens is 5. The van der Waals surface area contributed by atoms with Crippen LogP contribution in [0.2, 0.25) is 10.0 Å². The normalized spacial score (nSPS) is 11.7. The number of nitro benzene ring substituents is 1. The second kappa shape index (κ2) is 8.95. The molecule has 0 amide bonds. The van der Waals surface area contributed by atoms with Crippen LogP contribution >= 0.6 is 23.2 Å². The van der Waals surface area contributed by atoms with Crippen LogP contribution in [0.15, 0.2) is 59.6 Å². The third-order valence-corrected chi connectivity index (χ3v) is 4.88. The molecule has 0 spiro atoms. The van der Waals surface area contributed by atoms with Gasteiger partial charge in [-0.1, -0.05) is 29.3 Å². The van der Waals surface area contributed by atoms with E-state index >= 15 is 0 Å². The van der Waals surface area contributed by atoms with Crippen LogP contribution in [-0.2, 0) is 6.18 Å². The van der Waals surface area contributed by atoms with Crippen molar-refractivity contribution in [2.45, 2.75) is 13.1 Å². The van der Waals surface area contributed by atoms with E-state index in [9.17, 15) is 23.3 Å². The maximum absolute atomic E-state index is 12.8. The number of benzene rings is 3. The maximum atomic E-state index is 12.8. The van der Waals surface area contributed by atoms with E-state index in [0.717, 1.165) is 11.6 Å². The Balaban J connectivity index is 1.84. The van der Waals surface area contributed by atoms with Gasteiger partial charge in [0.1, 0.15) is 5.75 Å². The number of rotatable bonds is 5. The lowest BCUT2D eigenvalue weighted by Crippen LogP contribution is -2.06. The van der Waals surface area contributed by atoms with Crippen LogP contribution in [-0.4, -0.2) is 11.1 Å². The first kappa shape index (κ1) is 22.6. The fourth-order valence-electron chi connectivity index (χ4n) is 2.53. The maximum Gasteiger partial charge on any atom is 0.416 e. The molecule has 0 fully saturated rings. The highest BCUT2D eigenvalue weighted by Crippen LogP contribution is 2.39. The quantitative estimate of drug-likeness (QED) is 0.218. The molecule has 160 valence electrons. The molecule has 5 nitrogen and oxygen atoms in total. The van der Waals surface area contributed by atoms with Crippen LogP contribution in [0.5, 0.6) is 11.5 Å². The van der Waals surface area contributed by atoms with E-state index in [-0.39, 0.29) is 16.5 Å². The topological polar surface area (TPSA) is 64.7 Å². The predicted octanol–water partition coefficient (Wildman–Crippen LogP) is 7.77. The molecule has 0 bridgehead atoms. The molecule has 0 aliphatic heterocycles. The predicted molar refractivity (Wildman–Crippen MR) is 113 cm³/mol.